The monoisotopic (exact) mass is 626 g/mol. The normalized spacial score (nSPS) is 35.0. The van der Waals surface area contributed by atoms with E-state index in [1.54, 1.807) is 6.92 Å². The van der Waals surface area contributed by atoms with Crippen LogP contribution < -0.4 is 0 Å². The lowest BCUT2D eigenvalue weighted by atomic mass is 9.55. The summed E-state index contributed by atoms with van der Waals surface area (Å²) in [6.45, 7) is 0.891. The van der Waals surface area contributed by atoms with Crippen molar-refractivity contribution in [1.82, 2.24) is 0 Å². The van der Waals surface area contributed by atoms with Crippen molar-refractivity contribution in [3.05, 3.63) is 35.5 Å². The molecule has 6 atom stereocenters. The molecular formula is C33H46F6O4. The van der Waals surface area contributed by atoms with Crippen molar-refractivity contribution in [2.24, 2.45) is 22.7 Å². The number of alkyl halides is 6. The van der Waals surface area contributed by atoms with Crippen LogP contribution in [0.1, 0.15) is 106 Å². The van der Waals surface area contributed by atoms with E-state index in [9.17, 15) is 46.8 Å². The fraction of sp³-hybridized carbons (Fsp3) is 0.758. The standard InChI is InChI=1S/C33H46F6O4/c1-21-23(19-24(40)20-26(21)41)11-10-22-9-6-17-30(5)25(22)12-13-27(30)29(4,15-7-14-28(2,3)42)16-8-18-31(43,32(34,35)36)33(37,38)39/h10-11,24-27,40-43H,1,6-7,9,12-17,19-20H2,2-5H3/b22-10+,23-11-/t24-,25?,26+,27-,29+,30+/m1/s1/i2D3,3D3. The van der Waals surface area contributed by atoms with Crippen molar-refractivity contribution >= 4 is 0 Å². The maximum atomic E-state index is 13.4. The third-order valence-electron chi connectivity index (χ3n) is 9.94. The Morgan fingerprint density at radius 1 is 1.05 bits per heavy atom. The van der Waals surface area contributed by atoms with E-state index < -0.39 is 73.1 Å². The lowest BCUT2D eigenvalue weighted by Gasteiger charge is -2.49. The Morgan fingerprint density at radius 3 is 2.30 bits per heavy atom. The molecule has 0 aliphatic heterocycles. The van der Waals surface area contributed by atoms with Crippen molar-refractivity contribution in [3.63, 3.8) is 0 Å². The molecule has 0 aromatic carbocycles. The lowest BCUT2D eigenvalue weighted by molar-refractivity contribution is -0.343. The van der Waals surface area contributed by atoms with Gasteiger partial charge in [-0.3, -0.25) is 0 Å². The van der Waals surface area contributed by atoms with Crippen molar-refractivity contribution < 1.29 is 55.0 Å². The molecule has 0 heterocycles. The zero-order valence-electron chi connectivity index (χ0n) is 30.5. The summed E-state index contributed by atoms with van der Waals surface area (Å²) in [4.78, 5) is 0. The first-order chi connectivity index (χ1) is 22.0. The highest BCUT2D eigenvalue weighted by molar-refractivity contribution is 5.39. The van der Waals surface area contributed by atoms with Crippen LogP contribution in [0.4, 0.5) is 26.3 Å². The minimum atomic E-state index is -6.15. The van der Waals surface area contributed by atoms with Gasteiger partial charge < -0.3 is 20.4 Å². The molecule has 4 N–H and O–H groups in total. The van der Waals surface area contributed by atoms with Crippen LogP contribution in [0.3, 0.4) is 0 Å². The van der Waals surface area contributed by atoms with Gasteiger partial charge in [-0.1, -0.05) is 50.5 Å². The molecule has 0 saturated heterocycles. The van der Waals surface area contributed by atoms with Crippen molar-refractivity contribution in [3.8, 4) is 11.8 Å². The molecule has 3 saturated carbocycles. The summed E-state index contributed by atoms with van der Waals surface area (Å²) in [6, 6.07) is 0. The second kappa shape index (κ2) is 12.5. The highest BCUT2D eigenvalue weighted by atomic mass is 19.4. The number of fused-ring (bicyclic) bond motifs is 1. The fourth-order valence-electron chi connectivity index (χ4n) is 7.66. The van der Waals surface area contributed by atoms with Crippen LogP contribution >= 0.6 is 0 Å². The van der Waals surface area contributed by atoms with Gasteiger partial charge in [-0.15, -0.1) is 0 Å². The summed E-state index contributed by atoms with van der Waals surface area (Å²) < 4.78 is 127. The van der Waals surface area contributed by atoms with Gasteiger partial charge in [-0.2, -0.15) is 26.3 Å². The molecular weight excluding hydrogens is 574 g/mol. The van der Waals surface area contributed by atoms with E-state index in [2.05, 4.69) is 6.58 Å². The first kappa shape index (κ1) is 27.5. The molecule has 4 nitrogen and oxygen atoms in total. The molecule has 0 aromatic heterocycles. The smallest absolute Gasteiger partial charge is 0.393 e. The zero-order valence-corrected chi connectivity index (χ0v) is 24.5. The average molecular weight is 627 g/mol. The third kappa shape index (κ3) is 7.71. The predicted molar refractivity (Wildman–Crippen MR) is 152 cm³/mol. The number of aliphatic hydroxyl groups is 4. The predicted octanol–water partition coefficient (Wildman–Crippen LogP) is 7.32. The van der Waals surface area contributed by atoms with E-state index in [1.807, 2.05) is 25.0 Å². The highest BCUT2D eigenvalue weighted by Crippen LogP contribution is 2.63. The van der Waals surface area contributed by atoms with E-state index in [4.69, 9.17) is 8.22 Å². The van der Waals surface area contributed by atoms with Gasteiger partial charge in [0, 0.05) is 21.1 Å². The maximum absolute atomic E-state index is 13.4. The molecule has 0 bridgehead atoms. The zero-order chi connectivity index (χ0) is 37.6. The van der Waals surface area contributed by atoms with Gasteiger partial charge in [-0.05, 0) is 105 Å². The number of hydrogen-bond acceptors (Lipinski definition) is 4. The molecule has 43 heavy (non-hydrogen) atoms. The summed E-state index contributed by atoms with van der Waals surface area (Å²) in [7, 11) is 0. The molecule has 0 amide bonds. The number of allylic oxidation sites excluding steroid dienone is 3. The Labute approximate surface area is 259 Å². The largest absolute Gasteiger partial charge is 0.438 e. The third-order valence-corrected chi connectivity index (χ3v) is 9.94. The first-order valence-electron chi connectivity index (χ1n) is 17.6. The second-order valence-corrected chi connectivity index (χ2v) is 13.2. The number of halogens is 6. The van der Waals surface area contributed by atoms with Gasteiger partial charge in [-0.25, -0.2) is 0 Å². The van der Waals surface area contributed by atoms with Crippen LogP contribution in [-0.4, -0.2) is 56.2 Å². The molecule has 0 spiro atoms. The van der Waals surface area contributed by atoms with E-state index in [1.165, 1.54) is 0 Å². The van der Waals surface area contributed by atoms with Gasteiger partial charge in [0.15, 0.2) is 0 Å². The number of hydrogen-bond donors (Lipinski definition) is 4. The molecule has 0 radical (unpaired) electrons. The molecule has 1 unspecified atom stereocenters. The van der Waals surface area contributed by atoms with E-state index in [0.717, 1.165) is 11.5 Å². The fourth-order valence-corrected chi connectivity index (χ4v) is 7.66. The van der Waals surface area contributed by atoms with Crippen molar-refractivity contribution in [2.75, 3.05) is 0 Å². The minimum Gasteiger partial charge on any atom is -0.393 e. The van der Waals surface area contributed by atoms with Gasteiger partial charge in [0.1, 0.15) is 0 Å². The molecule has 3 fully saturated rings. The number of rotatable bonds is 7. The lowest BCUT2D eigenvalue weighted by Crippen LogP contribution is -2.55. The molecule has 3 aliphatic carbocycles. The summed E-state index contributed by atoms with van der Waals surface area (Å²) in [5, 5.41) is 40.9. The molecule has 3 rings (SSSR count). The van der Waals surface area contributed by atoms with Gasteiger partial charge in [0.25, 0.3) is 0 Å². The average Bonchev–Trinajstić information content (AvgIpc) is 3.29. The first-order valence-corrected chi connectivity index (χ1v) is 14.6. The van der Waals surface area contributed by atoms with Gasteiger partial charge in [0.05, 0.1) is 17.8 Å². The quantitative estimate of drug-likeness (QED) is 0.176. The van der Waals surface area contributed by atoms with E-state index in [-0.39, 0.29) is 31.1 Å². The van der Waals surface area contributed by atoms with Crippen LogP contribution in [-0.2, 0) is 0 Å². The van der Waals surface area contributed by atoms with E-state index in [0.29, 0.717) is 49.7 Å². The van der Waals surface area contributed by atoms with Crippen LogP contribution in [0.25, 0.3) is 0 Å². The van der Waals surface area contributed by atoms with Gasteiger partial charge in [0.2, 0.25) is 0 Å². The molecule has 244 valence electrons. The van der Waals surface area contributed by atoms with Crippen molar-refractivity contribution in [2.45, 2.75) is 134 Å². The Morgan fingerprint density at radius 2 is 1.70 bits per heavy atom. The Hall–Kier alpha value is -1.80. The molecule has 0 aromatic rings. The summed E-state index contributed by atoms with van der Waals surface area (Å²) in [6.07, 6.45) is -8.20. The SMILES string of the molecule is [2H]C([2H])([2H])C(O)(CCC[C@@](C)(CC#CC(O)(C(F)(F)F)C(F)(F)F)[C@H]1CCC2/C(=C/C=C3/C[C@@H](O)C[C@H](O)C3=C)CCC[C@@]21C)C([2H])([2H])[2H]. The van der Waals surface area contributed by atoms with E-state index >= 15 is 0 Å². The van der Waals surface area contributed by atoms with Crippen LogP contribution in [0.15, 0.2) is 35.5 Å². The summed E-state index contributed by atoms with van der Waals surface area (Å²) in [5.74, 6) is 2.54. The number of aliphatic hydroxyl groups excluding tert-OH is 2. The second-order valence-electron chi connectivity index (χ2n) is 13.2. The summed E-state index contributed by atoms with van der Waals surface area (Å²) in [5.41, 5.74) is -7.89. The van der Waals surface area contributed by atoms with Crippen LogP contribution in [0.2, 0.25) is 0 Å². The Bertz CT molecular complexity index is 1330. The van der Waals surface area contributed by atoms with Crippen LogP contribution in [0.5, 0.6) is 0 Å². The highest BCUT2D eigenvalue weighted by Gasteiger charge is 2.70. The Balaban J connectivity index is 2.03. The van der Waals surface area contributed by atoms with Crippen molar-refractivity contribution in [1.29, 1.82) is 0 Å². The summed E-state index contributed by atoms with van der Waals surface area (Å²) >= 11 is 0. The molecule has 10 heteroatoms. The molecule has 3 aliphatic rings. The Kier molecular flexibility index (Phi) is 8.02. The van der Waals surface area contributed by atoms with Crippen LogP contribution in [0, 0.1) is 34.5 Å². The maximum Gasteiger partial charge on any atom is 0.438 e. The topological polar surface area (TPSA) is 80.9 Å². The van der Waals surface area contributed by atoms with Gasteiger partial charge >= 0.3 is 18.0 Å². The minimum absolute atomic E-state index is 0.0638.